The average molecular weight is 333 g/mol. The van der Waals surface area contributed by atoms with E-state index < -0.39 is 0 Å². The first-order chi connectivity index (χ1) is 11.7. The summed E-state index contributed by atoms with van der Waals surface area (Å²) < 4.78 is 5.20. The number of hydrogen-bond acceptors (Lipinski definition) is 4. The number of ether oxygens (including phenoxy) is 1. The topological polar surface area (TPSA) is 79.8 Å². The lowest BCUT2D eigenvalue weighted by molar-refractivity contribution is -0.123. The van der Waals surface area contributed by atoms with Gasteiger partial charge in [0, 0.05) is 24.9 Å². The van der Waals surface area contributed by atoms with Gasteiger partial charge >= 0.3 is 0 Å². The molecule has 0 spiro atoms. The molecule has 0 saturated carbocycles. The Morgan fingerprint density at radius 3 is 2.54 bits per heavy atom. The molecule has 2 N–H and O–H groups in total. The molecule has 0 aliphatic rings. The van der Waals surface area contributed by atoms with Gasteiger partial charge in [-0.2, -0.15) is 5.10 Å². The van der Waals surface area contributed by atoms with Crippen LogP contribution < -0.4 is 15.5 Å². The molecule has 24 heavy (non-hydrogen) atoms. The number of unbranched alkanes of at least 4 members (excludes halogenated alkanes) is 2. The van der Waals surface area contributed by atoms with Crippen LogP contribution in [0, 0.1) is 0 Å². The molecule has 0 aliphatic carbocycles. The molecule has 0 bridgehead atoms. The minimum Gasteiger partial charge on any atom is -0.496 e. The number of para-hydroxylation sites is 1. The molecule has 0 saturated heterocycles. The normalized spacial score (nSPS) is 10.6. The van der Waals surface area contributed by atoms with Gasteiger partial charge in [-0.25, -0.2) is 5.43 Å². The summed E-state index contributed by atoms with van der Waals surface area (Å²) in [5.74, 6) is 0.593. The molecule has 1 aromatic carbocycles. The molecule has 0 atom stereocenters. The zero-order chi connectivity index (χ0) is 17.6. The summed E-state index contributed by atoms with van der Waals surface area (Å²) in [5.41, 5.74) is 3.28. The first-order valence-electron chi connectivity index (χ1n) is 8.39. The van der Waals surface area contributed by atoms with Gasteiger partial charge in [0.2, 0.25) is 11.8 Å². The number of nitrogens with one attached hydrogen (secondary N) is 2. The maximum absolute atomic E-state index is 11.7. The van der Waals surface area contributed by atoms with Crippen LogP contribution in [0.2, 0.25) is 0 Å². The standard InChI is InChI=1S/C18H27N3O3/c1-3-4-13-19-17(22)11-7-8-12-18(23)21-20-14-15-9-5-6-10-16(15)24-2/h5-6,9-10,14H,3-4,7-8,11-13H2,1-2H3,(H,19,22)(H,21,23)/b20-14-. The van der Waals surface area contributed by atoms with E-state index in [9.17, 15) is 9.59 Å². The van der Waals surface area contributed by atoms with E-state index in [1.54, 1.807) is 13.3 Å². The smallest absolute Gasteiger partial charge is 0.240 e. The van der Waals surface area contributed by atoms with Crippen LogP contribution in [0.3, 0.4) is 0 Å². The lowest BCUT2D eigenvalue weighted by Crippen LogP contribution is -2.24. The molecule has 0 radical (unpaired) electrons. The van der Waals surface area contributed by atoms with Crippen LogP contribution in [-0.2, 0) is 9.59 Å². The van der Waals surface area contributed by atoms with Crippen LogP contribution in [0.25, 0.3) is 0 Å². The van der Waals surface area contributed by atoms with Crippen molar-refractivity contribution in [3.63, 3.8) is 0 Å². The molecular formula is C18H27N3O3. The molecule has 2 amide bonds. The van der Waals surface area contributed by atoms with Gasteiger partial charge in [0.05, 0.1) is 13.3 Å². The quantitative estimate of drug-likeness (QED) is 0.371. The van der Waals surface area contributed by atoms with Crippen molar-refractivity contribution < 1.29 is 14.3 Å². The SMILES string of the molecule is CCCCNC(=O)CCCCC(=O)N/N=C\c1ccccc1OC. The number of rotatable bonds is 11. The fraction of sp³-hybridized carbons (Fsp3) is 0.500. The molecule has 132 valence electrons. The molecular weight excluding hydrogens is 306 g/mol. The lowest BCUT2D eigenvalue weighted by atomic mass is 10.2. The maximum Gasteiger partial charge on any atom is 0.240 e. The molecule has 0 aromatic heterocycles. The Kier molecular flexibility index (Phi) is 9.92. The third kappa shape index (κ3) is 8.31. The first-order valence-corrected chi connectivity index (χ1v) is 8.39. The Labute approximate surface area is 143 Å². The van der Waals surface area contributed by atoms with Gasteiger partial charge in [0.25, 0.3) is 0 Å². The molecule has 6 nitrogen and oxygen atoms in total. The first kappa shape index (κ1) is 19.7. The van der Waals surface area contributed by atoms with Crippen molar-refractivity contribution >= 4 is 18.0 Å². The van der Waals surface area contributed by atoms with Gasteiger partial charge < -0.3 is 10.1 Å². The minimum atomic E-state index is -0.160. The Hall–Kier alpha value is -2.37. The molecule has 0 heterocycles. The van der Waals surface area contributed by atoms with E-state index in [0.29, 0.717) is 31.4 Å². The van der Waals surface area contributed by atoms with Crippen molar-refractivity contribution in [1.82, 2.24) is 10.7 Å². The Bertz CT molecular complexity index is 544. The zero-order valence-corrected chi connectivity index (χ0v) is 14.5. The van der Waals surface area contributed by atoms with Crippen LogP contribution in [0.4, 0.5) is 0 Å². The highest BCUT2D eigenvalue weighted by Crippen LogP contribution is 2.14. The van der Waals surface area contributed by atoms with Crippen molar-refractivity contribution in [1.29, 1.82) is 0 Å². The van der Waals surface area contributed by atoms with Crippen LogP contribution in [0.1, 0.15) is 51.0 Å². The fourth-order valence-corrected chi connectivity index (χ4v) is 2.07. The van der Waals surface area contributed by atoms with E-state index in [2.05, 4.69) is 22.8 Å². The molecule has 1 aromatic rings. The Morgan fingerprint density at radius 2 is 1.83 bits per heavy atom. The minimum absolute atomic E-state index is 0.0538. The van der Waals surface area contributed by atoms with E-state index in [0.717, 1.165) is 24.9 Å². The van der Waals surface area contributed by atoms with Crippen molar-refractivity contribution in [2.45, 2.75) is 45.4 Å². The fourth-order valence-electron chi connectivity index (χ4n) is 2.07. The summed E-state index contributed by atoms with van der Waals surface area (Å²) in [6, 6.07) is 7.42. The van der Waals surface area contributed by atoms with Crippen molar-refractivity contribution in [2.24, 2.45) is 5.10 Å². The van der Waals surface area contributed by atoms with Crippen molar-refractivity contribution in [3.05, 3.63) is 29.8 Å². The summed E-state index contributed by atoms with van der Waals surface area (Å²) in [6.45, 7) is 2.81. The van der Waals surface area contributed by atoms with E-state index in [1.165, 1.54) is 0 Å². The highest BCUT2D eigenvalue weighted by molar-refractivity contribution is 5.85. The molecule has 0 aliphatic heterocycles. The molecule has 6 heteroatoms. The monoisotopic (exact) mass is 333 g/mol. The summed E-state index contributed by atoms with van der Waals surface area (Å²) in [7, 11) is 1.59. The number of benzene rings is 1. The van der Waals surface area contributed by atoms with E-state index in [1.807, 2.05) is 24.3 Å². The van der Waals surface area contributed by atoms with Crippen molar-refractivity contribution in [3.8, 4) is 5.75 Å². The highest BCUT2D eigenvalue weighted by Gasteiger charge is 2.03. The predicted octanol–water partition coefficient (Wildman–Crippen LogP) is 2.62. The number of amides is 2. The second-order valence-electron chi connectivity index (χ2n) is 5.45. The molecule has 0 fully saturated rings. The third-order valence-corrected chi connectivity index (χ3v) is 3.44. The van der Waals surface area contributed by atoms with Gasteiger partial charge in [0.1, 0.15) is 5.75 Å². The average Bonchev–Trinajstić information content (AvgIpc) is 2.59. The molecule has 1 rings (SSSR count). The number of carbonyl (C=O) groups is 2. The van der Waals surface area contributed by atoms with Gasteiger partial charge in [-0.3, -0.25) is 9.59 Å². The summed E-state index contributed by atoms with van der Waals surface area (Å²) >= 11 is 0. The number of nitrogens with zero attached hydrogens (tertiary/aromatic N) is 1. The Morgan fingerprint density at radius 1 is 1.12 bits per heavy atom. The summed E-state index contributed by atoms with van der Waals surface area (Å²) in [4.78, 5) is 23.2. The van der Waals surface area contributed by atoms with Crippen molar-refractivity contribution in [2.75, 3.05) is 13.7 Å². The van der Waals surface area contributed by atoms with E-state index in [4.69, 9.17) is 4.74 Å². The van der Waals surface area contributed by atoms with Crippen LogP contribution in [-0.4, -0.2) is 31.7 Å². The highest BCUT2D eigenvalue weighted by atomic mass is 16.5. The van der Waals surface area contributed by atoms with Crippen LogP contribution >= 0.6 is 0 Å². The van der Waals surface area contributed by atoms with E-state index in [-0.39, 0.29) is 11.8 Å². The van der Waals surface area contributed by atoms with Gasteiger partial charge in [0.15, 0.2) is 0 Å². The summed E-state index contributed by atoms with van der Waals surface area (Å²) in [5, 5.41) is 6.79. The largest absolute Gasteiger partial charge is 0.496 e. The van der Waals surface area contributed by atoms with Gasteiger partial charge in [-0.15, -0.1) is 0 Å². The number of methoxy groups -OCH3 is 1. The molecule has 0 unspecified atom stereocenters. The number of hydrazone groups is 1. The second kappa shape index (κ2) is 12.1. The number of hydrogen-bond donors (Lipinski definition) is 2. The van der Waals surface area contributed by atoms with Crippen LogP contribution in [0.15, 0.2) is 29.4 Å². The predicted molar refractivity (Wildman–Crippen MR) is 95.1 cm³/mol. The third-order valence-electron chi connectivity index (χ3n) is 3.44. The second-order valence-corrected chi connectivity index (χ2v) is 5.45. The summed E-state index contributed by atoms with van der Waals surface area (Å²) in [6.07, 6.45) is 5.79. The van der Waals surface area contributed by atoms with Gasteiger partial charge in [-0.1, -0.05) is 25.5 Å². The zero-order valence-electron chi connectivity index (χ0n) is 14.5. The van der Waals surface area contributed by atoms with Crippen LogP contribution in [0.5, 0.6) is 5.75 Å². The lowest BCUT2D eigenvalue weighted by Gasteiger charge is -2.04. The maximum atomic E-state index is 11.7. The van der Waals surface area contributed by atoms with E-state index >= 15 is 0 Å². The van der Waals surface area contributed by atoms with Gasteiger partial charge in [-0.05, 0) is 31.4 Å². The number of carbonyl (C=O) groups excluding carboxylic acids is 2. The Balaban J connectivity index is 2.18.